The molecule has 0 aliphatic heterocycles. The van der Waals surface area contributed by atoms with Crippen LogP contribution in [0, 0.1) is 0 Å². The second kappa shape index (κ2) is 55.0. The highest BCUT2D eigenvalue weighted by atomic mass is 79.9. The van der Waals surface area contributed by atoms with Crippen LogP contribution in [0.15, 0.2) is 0 Å². The molecule has 0 aromatic heterocycles. The molecule has 0 unspecified atom stereocenters. The fourth-order valence-electron chi connectivity index (χ4n) is 9.50. The van der Waals surface area contributed by atoms with E-state index in [1.54, 1.807) is 0 Å². The Bertz CT molecular complexity index is 699. The maximum atomic E-state index is 2.49. The van der Waals surface area contributed by atoms with Crippen LogP contribution in [0.2, 0.25) is 0 Å². The fraction of sp³-hybridized carbons (Fsp3) is 1.00. The van der Waals surface area contributed by atoms with E-state index in [-0.39, 0.29) is 17.0 Å². The maximum absolute atomic E-state index is 2.49. The summed E-state index contributed by atoms with van der Waals surface area (Å²) in [4.78, 5) is 0. The summed E-state index contributed by atoms with van der Waals surface area (Å²) < 4.78 is 0. The Kier molecular flexibility index (Phi) is 57.8. The Labute approximate surface area is 389 Å². The van der Waals surface area contributed by atoms with E-state index in [1.807, 2.05) is 0 Å². The Balaban J connectivity index is 0. The van der Waals surface area contributed by atoms with Gasteiger partial charge in [0.1, 0.15) is 0 Å². The second-order valence-corrected chi connectivity index (χ2v) is 26.1. The van der Waals surface area contributed by atoms with Crippen molar-refractivity contribution in [1.29, 1.82) is 0 Å². The van der Waals surface area contributed by atoms with E-state index in [1.165, 1.54) is 340 Å². The first-order chi connectivity index (χ1) is 28.6. The number of hydrogen-bond donors (Lipinski definition) is 0. The lowest BCUT2D eigenvalue weighted by Gasteiger charge is -2.10. The molecule has 0 amide bonds. The summed E-state index contributed by atoms with van der Waals surface area (Å²) in [5.74, 6) is 0. The summed E-state index contributed by atoms with van der Waals surface area (Å²) in [6.07, 6.45) is 79.1. The third kappa shape index (κ3) is 61.0. The summed E-state index contributed by atoms with van der Waals surface area (Å²) in [5.41, 5.74) is 0. The third-order valence-electron chi connectivity index (χ3n) is 13.7. The predicted octanol–water partition coefficient (Wildman–Crippen LogP) is 19.2. The fourth-order valence-corrected chi connectivity index (χ4v) is 10.7. The largest absolute Gasteiger partial charge is 1.00 e. The van der Waals surface area contributed by atoms with Crippen molar-refractivity contribution in [1.82, 2.24) is 0 Å². The number of rotatable bonds is 53. The van der Waals surface area contributed by atoms with Crippen molar-refractivity contribution in [3.8, 4) is 0 Å². The lowest BCUT2D eigenvalue weighted by atomic mass is 10.0. The highest BCUT2D eigenvalue weighted by Gasteiger charge is 2.15. The van der Waals surface area contributed by atoms with Gasteiger partial charge >= 0.3 is 0 Å². The van der Waals surface area contributed by atoms with Crippen LogP contribution in [0.4, 0.5) is 0 Å². The van der Waals surface area contributed by atoms with Gasteiger partial charge in [-0.05, 0) is 12.8 Å². The van der Waals surface area contributed by atoms with Crippen LogP contribution in [-0.2, 0) is 0 Å². The molecule has 358 valence electrons. The van der Waals surface area contributed by atoms with Gasteiger partial charge in [-0.15, -0.1) is 0 Å². The predicted molar refractivity (Wildman–Crippen MR) is 275 cm³/mol. The van der Waals surface area contributed by atoms with Gasteiger partial charge in [-0.25, -0.2) is 0 Å². The summed E-state index contributed by atoms with van der Waals surface area (Å²) in [6.45, 7) is 9.77. The molecule has 0 aromatic rings. The molecule has 0 aromatic carbocycles. The first kappa shape index (κ1) is 62.0. The molecular formula is C57H118BrP. The van der Waals surface area contributed by atoms with Crippen LogP contribution < -0.4 is 17.0 Å². The highest BCUT2D eigenvalue weighted by molar-refractivity contribution is 7.73. The quantitative estimate of drug-likeness (QED) is 0.0421. The lowest BCUT2D eigenvalue weighted by molar-refractivity contribution is -0.0000131. The van der Waals surface area contributed by atoms with Crippen LogP contribution in [0.5, 0.6) is 0 Å². The Morgan fingerprint density at radius 2 is 0.271 bits per heavy atom. The molecule has 0 saturated heterocycles. The first-order valence-electron chi connectivity index (χ1n) is 28.4. The van der Waals surface area contributed by atoms with E-state index in [4.69, 9.17) is 0 Å². The maximum Gasteiger partial charge on any atom is 0.0586 e. The van der Waals surface area contributed by atoms with Crippen molar-refractivity contribution in [3.05, 3.63) is 0 Å². The van der Waals surface area contributed by atoms with Gasteiger partial charge < -0.3 is 17.0 Å². The summed E-state index contributed by atoms with van der Waals surface area (Å²) in [6, 6.07) is 0. The average Bonchev–Trinajstić information content (AvgIpc) is 3.21. The molecule has 0 atom stereocenters. The number of halogens is 1. The van der Waals surface area contributed by atoms with E-state index in [0.29, 0.717) is 0 Å². The SMILES string of the molecule is CCCCCCCCCCCCCCCCCCCCCCCCCCCCCCCCCCCCCCCCCCCCCCCCCCCCCC[P+](C)(C)C.[Br-]. The molecule has 0 spiro atoms. The van der Waals surface area contributed by atoms with E-state index in [2.05, 4.69) is 26.9 Å². The van der Waals surface area contributed by atoms with E-state index < -0.39 is 7.26 Å². The van der Waals surface area contributed by atoms with Gasteiger partial charge in [0.15, 0.2) is 0 Å². The second-order valence-electron chi connectivity index (χ2n) is 21.0. The first-order valence-corrected chi connectivity index (χ1v) is 31.7. The summed E-state index contributed by atoms with van der Waals surface area (Å²) in [7, 11) is -0.526. The summed E-state index contributed by atoms with van der Waals surface area (Å²) in [5, 5.41) is 0. The van der Waals surface area contributed by atoms with Crippen molar-refractivity contribution in [3.63, 3.8) is 0 Å². The van der Waals surface area contributed by atoms with Gasteiger partial charge in [-0.2, -0.15) is 0 Å². The molecule has 59 heavy (non-hydrogen) atoms. The molecule has 0 heterocycles. The van der Waals surface area contributed by atoms with Gasteiger partial charge in [0.2, 0.25) is 0 Å². The van der Waals surface area contributed by atoms with Crippen LogP contribution in [0.25, 0.3) is 0 Å². The van der Waals surface area contributed by atoms with Crippen molar-refractivity contribution >= 4 is 7.26 Å². The molecule has 0 fully saturated rings. The number of unbranched alkanes of at least 4 members (excludes halogenated alkanes) is 51. The molecule has 0 N–H and O–H groups in total. The van der Waals surface area contributed by atoms with E-state index in [0.717, 1.165) is 0 Å². The Morgan fingerprint density at radius 1 is 0.169 bits per heavy atom. The summed E-state index contributed by atoms with van der Waals surface area (Å²) >= 11 is 0. The lowest BCUT2D eigenvalue weighted by Crippen LogP contribution is -3.00. The molecule has 0 radical (unpaired) electrons. The van der Waals surface area contributed by atoms with Gasteiger partial charge in [-0.1, -0.05) is 328 Å². The van der Waals surface area contributed by atoms with Crippen molar-refractivity contribution in [2.45, 2.75) is 341 Å². The van der Waals surface area contributed by atoms with Crippen LogP contribution >= 0.6 is 7.26 Å². The molecule has 0 bridgehead atoms. The Morgan fingerprint density at radius 3 is 0.373 bits per heavy atom. The molecule has 0 rings (SSSR count). The average molecular weight is 914 g/mol. The van der Waals surface area contributed by atoms with Crippen molar-refractivity contribution < 1.29 is 17.0 Å². The zero-order valence-electron chi connectivity index (χ0n) is 42.3. The van der Waals surface area contributed by atoms with Crippen LogP contribution in [0.3, 0.4) is 0 Å². The van der Waals surface area contributed by atoms with Gasteiger partial charge in [0.25, 0.3) is 0 Å². The normalized spacial score (nSPS) is 11.8. The van der Waals surface area contributed by atoms with Crippen molar-refractivity contribution in [2.24, 2.45) is 0 Å². The standard InChI is InChI=1S/C57H118P.BrH/c1-5-6-7-8-9-10-11-12-13-14-15-16-17-18-19-20-21-22-23-24-25-26-27-28-29-30-31-32-33-34-35-36-37-38-39-40-41-42-43-44-45-46-47-48-49-50-51-52-53-54-55-56-57-58(2,3)4;/h5-57H2,1-4H3;1H/q+1;/p-1. The molecule has 0 aliphatic carbocycles. The molecule has 2 heteroatoms. The van der Waals surface area contributed by atoms with Gasteiger partial charge in [0.05, 0.1) is 6.16 Å². The zero-order chi connectivity index (χ0) is 42.0. The minimum absolute atomic E-state index is 0. The van der Waals surface area contributed by atoms with Crippen molar-refractivity contribution in [2.75, 3.05) is 26.2 Å². The van der Waals surface area contributed by atoms with Gasteiger partial charge in [0, 0.05) is 27.3 Å². The minimum Gasteiger partial charge on any atom is -1.00 e. The van der Waals surface area contributed by atoms with Crippen LogP contribution in [0.1, 0.15) is 341 Å². The third-order valence-corrected chi connectivity index (χ3v) is 15.3. The minimum atomic E-state index is -0.526. The monoisotopic (exact) mass is 913 g/mol. The zero-order valence-corrected chi connectivity index (χ0v) is 44.8. The van der Waals surface area contributed by atoms with Gasteiger partial charge in [-0.3, -0.25) is 0 Å². The van der Waals surface area contributed by atoms with Crippen LogP contribution in [-0.4, -0.2) is 26.2 Å². The van der Waals surface area contributed by atoms with E-state index in [9.17, 15) is 0 Å². The number of hydrogen-bond acceptors (Lipinski definition) is 0. The highest BCUT2D eigenvalue weighted by Crippen LogP contribution is 2.47. The molecule has 0 nitrogen and oxygen atoms in total. The molecular weight excluding hydrogens is 796 g/mol. The smallest absolute Gasteiger partial charge is 0.0586 e. The van der Waals surface area contributed by atoms with E-state index >= 15 is 0 Å². The molecule has 0 aliphatic rings. The topological polar surface area (TPSA) is 0 Å². The molecule has 0 saturated carbocycles. The Hall–Kier alpha value is 0.910.